The maximum Gasteiger partial charge on any atom is 0.0124 e. The highest BCUT2D eigenvalue weighted by atomic mass is 15.0. The predicted molar refractivity (Wildman–Crippen MR) is 121 cm³/mol. The van der Waals surface area contributed by atoms with E-state index in [2.05, 4.69) is 33.0 Å². The van der Waals surface area contributed by atoms with Crippen LogP contribution in [0.25, 0.3) is 0 Å². The third-order valence-corrected chi connectivity index (χ3v) is 8.27. The zero-order valence-corrected chi connectivity index (χ0v) is 19.4. The number of unbranched alkanes of at least 4 members (excludes halogenated alkanes) is 4. The molecule has 0 spiro atoms. The van der Waals surface area contributed by atoms with E-state index in [1.165, 1.54) is 116 Å². The number of hydrogen-bond donors (Lipinski definition) is 1. The van der Waals surface area contributed by atoms with Crippen molar-refractivity contribution in [3.8, 4) is 0 Å². The van der Waals surface area contributed by atoms with Gasteiger partial charge in [-0.2, -0.15) is 0 Å². The maximum atomic E-state index is 4.39. The molecule has 0 bridgehead atoms. The quantitative estimate of drug-likeness (QED) is 0.336. The summed E-state index contributed by atoms with van der Waals surface area (Å²) >= 11 is 0. The number of rotatable bonds is 12. The minimum atomic E-state index is 0.542. The molecule has 0 aromatic heterocycles. The molecule has 2 atom stereocenters. The van der Waals surface area contributed by atoms with E-state index in [-0.39, 0.29) is 0 Å². The fraction of sp³-hybridized carbons (Fsp3) is 1.00. The highest BCUT2D eigenvalue weighted by molar-refractivity contribution is 4.97. The molecule has 2 aliphatic carbocycles. The Hall–Kier alpha value is -0.0400. The molecule has 27 heavy (non-hydrogen) atoms. The average Bonchev–Trinajstić information content (AvgIpc) is 2.67. The molecular weight excluding hydrogens is 326 g/mol. The van der Waals surface area contributed by atoms with E-state index >= 15 is 0 Å². The van der Waals surface area contributed by atoms with Gasteiger partial charge in [-0.25, -0.2) is 0 Å². The van der Waals surface area contributed by atoms with Gasteiger partial charge in [0, 0.05) is 12.1 Å². The van der Waals surface area contributed by atoms with Crippen LogP contribution in [0.15, 0.2) is 0 Å². The molecule has 0 saturated heterocycles. The summed E-state index contributed by atoms with van der Waals surface area (Å²) in [5.41, 5.74) is 1.08. The topological polar surface area (TPSA) is 12.0 Å². The Balaban J connectivity index is 2.11. The van der Waals surface area contributed by atoms with Crippen molar-refractivity contribution in [3.05, 3.63) is 0 Å². The third-order valence-electron chi connectivity index (χ3n) is 8.27. The van der Waals surface area contributed by atoms with Crippen molar-refractivity contribution in [2.45, 2.75) is 155 Å². The average molecular weight is 378 g/mol. The molecule has 2 aliphatic rings. The molecule has 0 aromatic rings. The lowest BCUT2D eigenvalue weighted by atomic mass is 9.66. The Labute approximate surface area is 171 Å². The van der Waals surface area contributed by atoms with Crippen LogP contribution in [0.3, 0.4) is 0 Å². The van der Waals surface area contributed by atoms with Gasteiger partial charge >= 0.3 is 0 Å². The minimum Gasteiger partial charge on any atom is -0.310 e. The Bertz CT molecular complexity index is 340. The van der Waals surface area contributed by atoms with Crippen LogP contribution in [0.1, 0.15) is 143 Å². The Morgan fingerprint density at radius 3 is 1.30 bits per heavy atom. The Morgan fingerprint density at radius 2 is 0.963 bits per heavy atom. The summed E-state index contributed by atoms with van der Waals surface area (Å²) in [5, 5.41) is 4.39. The van der Waals surface area contributed by atoms with Crippen molar-refractivity contribution in [3.63, 3.8) is 0 Å². The van der Waals surface area contributed by atoms with Crippen LogP contribution < -0.4 is 5.32 Å². The summed E-state index contributed by atoms with van der Waals surface area (Å²) in [6, 6.07) is 1.49. The normalized spacial score (nSPS) is 24.4. The fourth-order valence-electron chi connectivity index (χ4n) is 6.12. The van der Waals surface area contributed by atoms with Crippen LogP contribution in [0, 0.1) is 10.8 Å². The summed E-state index contributed by atoms with van der Waals surface area (Å²) in [6.45, 7) is 9.95. The van der Waals surface area contributed by atoms with Gasteiger partial charge in [0.25, 0.3) is 0 Å². The zero-order chi connectivity index (χ0) is 19.6. The first-order valence-corrected chi connectivity index (χ1v) is 12.8. The summed E-state index contributed by atoms with van der Waals surface area (Å²) < 4.78 is 0. The third kappa shape index (κ3) is 7.06. The maximum absolute atomic E-state index is 4.39. The summed E-state index contributed by atoms with van der Waals surface area (Å²) in [4.78, 5) is 0. The van der Waals surface area contributed by atoms with E-state index in [1.807, 2.05) is 0 Å². The summed E-state index contributed by atoms with van der Waals surface area (Å²) in [6.07, 6.45) is 25.7. The first kappa shape index (κ1) is 23.2. The lowest BCUT2D eigenvalue weighted by molar-refractivity contribution is 0.0732. The SMILES string of the molecule is CCCCCC(NC(CCCCC)C1(C)CCCCC1)C1(C)CCCCC1. The van der Waals surface area contributed by atoms with Crippen LogP contribution in [-0.2, 0) is 0 Å². The second-order valence-corrected chi connectivity index (χ2v) is 10.7. The van der Waals surface area contributed by atoms with Crippen LogP contribution in [0.4, 0.5) is 0 Å². The molecule has 0 aromatic carbocycles. The fourth-order valence-corrected chi connectivity index (χ4v) is 6.12. The van der Waals surface area contributed by atoms with E-state index in [0.717, 1.165) is 12.1 Å². The lowest BCUT2D eigenvalue weighted by Gasteiger charge is -2.48. The minimum absolute atomic E-state index is 0.542. The molecule has 1 heteroatoms. The van der Waals surface area contributed by atoms with Gasteiger partial charge in [0.15, 0.2) is 0 Å². The van der Waals surface area contributed by atoms with Crippen molar-refractivity contribution in [2.24, 2.45) is 10.8 Å². The highest BCUT2D eigenvalue weighted by Gasteiger charge is 2.40. The second kappa shape index (κ2) is 11.8. The molecule has 0 heterocycles. The van der Waals surface area contributed by atoms with Gasteiger partial charge in [0.1, 0.15) is 0 Å². The molecule has 160 valence electrons. The van der Waals surface area contributed by atoms with E-state index < -0.39 is 0 Å². The Morgan fingerprint density at radius 1 is 0.593 bits per heavy atom. The van der Waals surface area contributed by atoms with Gasteiger partial charge in [-0.15, -0.1) is 0 Å². The van der Waals surface area contributed by atoms with Gasteiger partial charge in [-0.1, -0.05) is 105 Å². The van der Waals surface area contributed by atoms with Gasteiger partial charge in [0.05, 0.1) is 0 Å². The first-order valence-electron chi connectivity index (χ1n) is 12.8. The molecule has 1 nitrogen and oxygen atoms in total. The molecular formula is C26H51N. The summed E-state index contributed by atoms with van der Waals surface area (Å²) in [5.74, 6) is 0. The van der Waals surface area contributed by atoms with Crippen LogP contribution >= 0.6 is 0 Å². The Kier molecular flexibility index (Phi) is 10.2. The predicted octanol–water partition coefficient (Wildman–Crippen LogP) is 8.41. The largest absolute Gasteiger partial charge is 0.310 e. The molecule has 0 aliphatic heterocycles. The molecule has 2 rings (SSSR count). The van der Waals surface area contributed by atoms with E-state index in [4.69, 9.17) is 0 Å². The van der Waals surface area contributed by atoms with Crippen LogP contribution in [0.2, 0.25) is 0 Å². The van der Waals surface area contributed by atoms with Crippen molar-refractivity contribution in [2.75, 3.05) is 0 Å². The number of hydrogen-bond acceptors (Lipinski definition) is 1. The van der Waals surface area contributed by atoms with Crippen molar-refractivity contribution in [1.29, 1.82) is 0 Å². The van der Waals surface area contributed by atoms with Crippen LogP contribution in [-0.4, -0.2) is 12.1 Å². The molecule has 2 unspecified atom stereocenters. The van der Waals surface area contributed by atoms with Gasteiger partial charge in [-0.05, 0) is 49.4 Å². The van der Waals surface area contributed by atoms with E-state index in [9.17, 15) is 0 Å². The van der Waals surface area contributed by atoms with E-state index in [1.54, 1.807) is 0 Å². The first-order chi connectivity index (χ1) is 13.0. The highest BCUT2D eigenvalue weighted by Crippen LogP contribution is 2.44. The van der Waals surface area contributed by atoms with Crippen LogP contribution in [0.5, 0.6) is 0 Å². The van der Waals surface area contributed by atoms with Crippen molar-refractivity contribution >= 4 is 0 Å². The lowest BCUT2D eigenvalue weighted by Crippen LogP contribution is -2.54. The number of nitrogens with one attached hydrogen (secondary N) is 1. The van der Waals surface area contributed by atoms with Crippen molar-refractivity contribution in [1.82, 2.24) is 5.32 Å². The van der Waals surface area contributed by atoms with Crippen molar-refractivity contribution < 1.29 is 0 Å². The van der Waals surface area contributed by atoms with Gasteiger partial charge < -0.3 is 5.32 Å². The standard InChI is InChI=1S/C26H51N/c1-5-7-11-17-23(25(3)19-13-9-14-20-25)27-24(18-12-8-6-2)26(4)21-15-10-16-22-26/h23-24,27H,5-22H2,1-4H3. The molecule has 2 saturated carbocycles. The molecule has 0 radical (unpaired) electrons. The molecule has 0 amide bonds. The molecule has 2 fully saturated rings. The van der Waals surface area contributed by atoms with E-state index in [0.29, 0.717) is 10.8 Å². The zero-order valence-electron chi connectivity index (χ0n) is 19.4. The van der Waals surface area contributed by atoms with Gasteiger partial charge in [0.2, 0.25) is 0 Å². The van der Waals surface area contributed by atoms with Gasteiger partial charge in [-0.3, -0.25) is 0 Å². The monoisotopic (exact) mass is 377 g/mol. The summed E-state index contributed by atoms with van der Waals surface area (Å²) in [7, 11) is 0. The second-order valence-electron chi connectivity index (χ2n) is 10.7. The molecule has 1 N–H and O–H groups in total. The smallest absolute Gasteiger partial charge is 0.0124 e.